The third-order valence-electron chi connectivity index (χ3n) is 6.01. The maximum absolute atomic E-state index is 13.5. The maximum Gasteiger partial charge on any atom is 0.265 e. The Hall–Kier alpha value is -3.11. The predicted octanol–water partition coefficient (Wildman–Crippen LogP) is 3.15. The van der Waals surface area contributed by atoms with Crippen LogP contribution < -0.4 is 20.1 Å². The highest BCUT2D eigenvalue weighted by Crippen LogP contribution is 2.36. The van der Waals surface area contributed by atoms with Gasteiger partial charge in [0.1, 0.15) is 11.5 Å². The number of sulfonamides is 1. The maximum atomic E-state index is 13.5. The van der Waals surface area contributed by atoms with Gasteiger partial charge in [0.15, 0.2) is 6.10 Å². The minimum Gasteiger partial charge on any atom is -0.494 e. The third-order valence-corrected chi connectivity index (χ3v) is 8.02. The van der Waals surface area contributed by atoms with E-state index in [9.17, 15) is 18.0 Å². The molecule has 2 aromatic carbocycles. The lowest BCUT2D eigenvalue weighted by Crippen LogP contribution is -2.44. The van der Waals surface area contributed by atoms with E-state index in [2.05, 4.69) is 10.6 Å². The van der Waals surface area contributed by atoms with Crippen LogP contribution in [0.4, 0.5) is 11.4 Å². The molecule has 2 heterocycles. The standard InChI is InChI=1S/C24H29N3O6S/c1-4-32-19-9-7-18(8-10-19)25-24(29)17-6-5-11-27(14-17)34(30,31)22-13-21-20(12-15(22)2)26-23(28)16(3)33-21/h7-10,12-13,16-17H,4-6,11,14H2,1-3H3,(H,25,29)(H,26,28)/t16-,17+/m1/s1. The highest BCUT2D eigenvalue weighted by Gasteiger charge is 2.35. The van der Waals surface area contributed by atoms with Gasteiger partial charge in [0.2, 0.25) is 15.9 Å². The number of hydrogen-bond donors (Lipinski definition) is 2. The minimum absolute atomic E-state index is 0.0930. The Morgan fingerprint density at radius 2 is 2.00 bits per heavy atom. The summed E-state index contributed by atoms with van der Waals surface area (Å²) in [5.74, 6) is 0.0708. The molecule has 34 heavy (non-hydrogen) atoms. The smallest absolute Gasteiger partial charge is 0.265 e. The number of ether oxygens (including phenoxy) is 2. The molecule has 0 spiro atoms. The molecule has 0 saturated carbocycles. The Labute approximate surface area is 199 Å². The Kier molecular flexibility index (Phi) is 6.81. The van der Waals surface area contributed by atoms with Crippen molar-refractivity contribution in [2.75, 3.05) is 30.3 Å². The summed E-state index contributed by atoms with van der Waals surface area (Å²) in [6.07, 6.45) is 0.468. The van der Waals surface area contributed by atoms with Gasteiger partial charge >= 0.3 is 0 Å². The largest absolute Gasteiger partial charge is 0.494 e. The number of aryl methyl sites for hydroxylation is 1. The third kappa shape index (κ3) is 4.88. The lowest BCUT2D eigenvalue weighted by atomic mass is 9.99. The molecule has 9 nitrogen and oxygen atoms in total. The number of hydrogen-bond acceptors (Lipinski definition) is 6. The summed E-state index contributed by atoms with van der Waals surface area (Å²) in [6.45, 7) is 6.16. The van der Waals surface area contributed by atoms with Crippen molar-refractivity contribution in [3.05, 3.63) is 42.0 Å². The Morgan fingerprint density at radius 3 is 2.71 bits per heavy atom. The van der Waals surface area contributed by atoms with Crippen LogP contribution in [0.1, 0.15) is 32.3 Å². The topological polar surface area (TPSA) is 114 Å². The fourth-order valence-corrected chi connectivity index (χ4v) is 5.93. The number of carbonyl (C=O) groups is 2. The fourth-order valence-electron chi connectivity index (χ4n) is 4.18. The van der Waals surface area contributed by atoms with Crippen molar-refractivity contribution >= 4 is 33.2 Å². The summed E-state index contributed by atoms with van der Waals surface area (Å²) < 4.78 is 39.4. The summed E-state index contributed by atoms with van der Waals surface area (Å²) in [7, 11) is -3.86. The Morgan fingerprint density at radius 1 is 1.26 bits per heavy atom. The van der Waals surface area contributed by atoms with Crippen LogP contribution in [0.5, 0.6) is 11.5 Å². The van der Waals surface area contributed by atoms with Gasteiger partial charge in [-0.05, 0) is 69.5 Å². The number of nitrogens with one attached hydrogen (secondary N) is 2. The van der Waals surface area contributed by atoms with Crippen molar-refractivity contribution in [3.8, 4) is 11.5 Å². The predicted molar refractivity (Wildman–Crippen MR) is 128 cm³/mol. The molecule has 0 aromatic heterocycles. The fraction of sp³-hybridized carbons (Fsp3) is 0.417. The molecule has 10 heteroatoms. The lowest BCUT2D eigenvalue weighted by Gasteiger charge is -2.32. The van der Waals surface area contributed by atoms with Gasteiger partial charge in [0.25, 0.3) is 5.91 Å². The summed E-state index contributed by atoms with van der Waals surface area (Å²) in [6, 6.07) is 10.1. The van der Waals surface area contributed by atoms with E-state index in [4.69, 9.17) is 9.47 Å². The molecule has 2 aliphatic rings. The summed E-state index contributed by atoms with van der Waals surface area (Å²) in [5.41, 5.74) is 1.58. The van der Waals surface area contributed by atoms with E-state index >= 15 is 0 Å². The van der Waals surface area contributed by atoms with E-state index in [-0.39, 0.29) is 23.3 Å². The van der Waals surface area contributed by atoms with Crippen LogP contribution in [0.3, 0.4) is 0 Å². The van der Waals surface area contributed by atoms with Gasteiger partial charge in [0, 0.05) is 24.8 Å². The van der Waals surface area contributed by atoms with Crippen molar-refractivity contribution < 1.29 is 27.5 Å². The SMILES string of the molecule is CCOc1ccc(NC(=O)[C@H]2CCCN(S(=O)(=O)c3cc4c(cc3C)NC(=O)[C@@H](C)O4)C2)cc1. The summed E-state index contributed by atoms with van der Waals surface area (Å²) in [4.78, 5) is 24.9. The molecule has 182 valence electrons. The first-order chi connectivity index (χ1) is 16.2. The van der Waals surface area contributed by atoms with Crippen molar-refractivity contribution in [2.24, 2.45) is 5.92 Å². The van der Waals surface area contributed by atoms with E-state index < -0.39 is 22.0 Å². The second-order valence-electron chi connectivity index (χ2n) is 8.51. The molecule has 1 saturated heterocycles. The molecule has 0 bridgehead atoms. The summed E-state index contributed by atoms with van der Waals surface area (Å²) in [5, 5.41) is 5.61. The molecule has 2 aromatic rings. The highest BCUT2D eigenvalue weighted by molar-refractivity contribution is 7.89. The van der Waals surface area contributed by atoms with Crippen LogP contribution >= 0.6 is 0 Å². The van der Waals surface area contributed by atoms with E-state index in [0.29, 0.717) is 54.4 Å². The van der Waals surface area contributed by atoms with Gasteiger partial charge in [-0.3, -0.25) is 9.59 Å². The van der Waals surface area contributed by atoms with Gasteiger partial charge in [0.05, 0.1) is 23.1 Å². The minimum atomic E-state index is -3.86. The van der Waals surface area contributed by atoms with Crippen LogP contribution in [0.2, 0.25) is 0 Å². The molecular formula is C24H29N3O6S. The molecule has 0 aliphatic carbocycles. The second kappa shape index (κ2) is 9.63. The van der Waals surface area contributed by atoms with Gasteiger partial charge in [-0.25, -0.2) is 8.42 Å². The average molecular weight is 488 g/mol. The molecule has 2 aliphatic heterocycles. The average Bonchev–Trinajstić information content (AvgIpc) is 2.81. The van der Waals surface area contributed by atoms with Crippen LogP contribution in [-0.4, -0.2) is 50.3 Å². The first-order valence-corrected chi connectivity index (χ1v) is 12.8. The molecule has 2 N–H and O–H groups in total. The van der Waals surface area contributed by atoms with Gasteiger partial charge in [-0.15, -0.1) is 0 Å². The van der Waals surface area contributed by atoms with Gasteiger partial charge in [-0.2, -0.15) is 4.31 Å². The monoisotopic (exact) mass is 487 g/mol. The number of piperidine rings is 1. The number of fused-ring (bicyclic) bond motifs is 1. The van der Waals surface area contributed by atoms with Crippen LogP contribution in [-0.2, 0) is 19.6 Å². The van der Waals surface area contributed by atoms with Crippen LogP contribution in [0.25, 0.3) is 0 Å². The molecule has 4 rings (SSSR count). The zero-order chi connectivity index (χ0) is 24.5. The molecule has 0 radical (unpaired) electrons. The normalized spacial score (nSPS) is 20.6. The number of carbonyl (C=O) groups excluding carboxylic acids is 2. The molecule has 0 unspecified atom stereocenters. The van der Waals surface area contributed by atoms with Crippen molar-refractivity contribution in [1.29, 1.82) is 0 Å². The first-order valence-electron chi connectivity index (χ1n) is 11.3. The quantitative estimate of drug-likeness (QED) is 0.647. The van der Waals surface area contributed by atoms with E-state index in [1.165, 1.54) is 10.4 Å². The molecule has 2 atom stereocenters. The number of nitrogens with zero attached hydrogens (tertiary/aromatic N) is 1. The Bertz CT molecular complexity index is 1200. The van der Waals surface area contributed by atoms with E-state index in [0.717, 1.165) is 0 Å². The molecular weight excluding hydrogens is 458 g/mol. The number of benzene rings is 2. The lowest BCUT2D eigenvalue weighted by molar-refractivity contribution is -0.123. The van der Waals surface area contributed by atoms with Crippen molar-refractivity contribution in [1.82, 2.24) is 4.31 Å². The second-order valence-corrected chi connectivity index (χ2v) is 10.4. The molecule has 2 amide bonds. The van der Waals surface area contributed by atoms with E-state index in [1.54, 1.807) is 44.2 Å². The van der Waals surface area contributed by atoms with Crippen molar-refractivity contribution in [2.45, 2.75) is 44.6 Å². The van der Waals surface area contributed by atoms with Crippen molar-refractivity contribution in [3.63, 3.8) is 0 Å². The van der Waals surface area contributed by atoms with E-state index in [1.807, 2.05) is 6.92 Å². The zero-order valence-corrected chi connectivity index (χ0v) is 20.3. The summed E-state index contributed by atoms with van der Waals surface area (Å²) >= 11 is 0. The number of anilines is 2. The van der Waals surface area contributed by atoms with Crippen LogP contribution in [0, 0.1) is 12.8 Å². The highest BCUT2D eigenvalue weighted by atomic mass is 32.2. The van der Waals surface area contributed by atoms with Crippen LogP contribution in [0.15, 0.2) is 41.3 Å². The number of amides is 2. The Balaban J connectivity index is 1.49. The van der Waals surface area contributed by atoms with Gasteiger partial charge in [-0.1, -0.05) is 0 Å². The number of rotatable bonds is 6. The zero-order valence-electron chi connectivity index (χ0n) is 19.5. The first kappa shape index (κ1) is 24.0. The van der Waals surface area contributed by atoms with Gasteiger partial charge < -0.3 is 20.1 Å². The molecule has 1 fully saturated rings.